The van der Waals surface area contributed by atoms with Gasteiger partial charge in [0.2, 0.25) is 0 Å². The van der Waals surface area contributed by atoms with Crippen LogP contribution in [-0.4, -0.2) is 20.7 Å². The van der Waals surface area contributed by atoms with Crippen LogP contribution in [0, 0.1) is 5.92 Å². The summed E-state index contributed by atoms with van der Waals surface area (Å²) in [6.45, 7) is 11.9. The number of hydrogen-bond acceptors (Lipinski definition) is 2. The van der Waals surface area contributed by atoms with Gasteiger partial charge in [0.15, 0.2) is 8.32 Å². The van der Waals surface area contributed by atoms with E-state index in [2.05, 4.69) is 58.1 Å². The Hall–Kier alpha value is -0.933. The van der Waals surface area contributed by atoms with Crippen molar-refractivity contribution in [3.8, 4) is 0 Å². The first-order valence-corrected chi connectivity index (χ1v) is 11.3. The minimum absolute atomic E-state index is 0.0327. The SMILES string of the molecule is CC(C)(C)[Si](C)(C)OC[C@@H]1C(=O)CCC[C@@H]1c1ccccc1. The Bertz CT molecular complexity index is 502. The van der Waals surface area contributed by atoms with Gasteiger partial charge < -0.3 is 4.43 Å². The third-order valence-corrected chi connectivity index (χ3v) is 10.00. The monoisotopic (exact) mass is 318 g/mol. The van der Waals surface area contributed by atoms with Crippen LogP contribution >= 0.6 is 0 Å². The number of ketones is 1. The minimum Gasteiger partial charge on any atom is -0.416 e. The molecule has 1 aliphatic rings. The zero-order chi connectivity index (χ0) is 16.4. The summed E-state index contributed by atoms with van der Waals surface area (Å²) < 4.78 is 6.37. The standard InChI is InChI=1S/C19H30O2Si/c1-19(2,3)22(4,5)21-14-17-16(12-9-13-18(17)20)15-10-7-6-8-11-15/h6-8,10-11,16-17H,9,12-14H2,1-5H3/t16-,17+/m1/s1. The number of hydrogen-bond donors (Lipinski definition) is 0. The molecule has 3 heteroatoms. The molecule has 1 aromatic carbocycles. The normalized spacial score (nSPS) is 23.6. The molecule has 2 nitrogen and oxygen atoms in total. The lowest BCUT2D eigenvalue weighted by molar-refractivity contribution is -0.126. The molecule has 1 fully saturated rings. The summed E-state index contributed by atoms with van der Waals surface area (Å²) in [4.78, 5) is 12.5. The van der Waals surface area contributed by atoms with Crippen molar-refractivity contribution in [2.24, 2.45) is 5.92 Å². The van der Waals surface area contributed by atoms with Crippen molar-refractivity contribution in [1.82, 2.24) is 0 Å². The topological polar surface area (TPSA) is 26.3 Å². The summed E-state index contributed by atoms with van der Waals surface area (Å²) in [5.74, 6) is 0.747. The van der Waals surface area contributed by atoms with Gasteiger partial charge in [-0.05, 0) is 42.5 Å². The minimum atomic E-state index is -1.80. The van der Waals surface area contributed by atoms with E-state index in [1.165, 1.54) is 5.56 Å². The highest BCUT2D eigenvalue weighted by Crippen LogP contribution is 2.40. The first kappa shape index (κ1) is 17.4. The van der Waals surface area contributed by atoms with Crippen molar-refractivity contribution in [3.63, 3.8) is 0 Å². The van der Waals surface area contributed by atoms with E-state index in [1.807, 2.05) is 6.07 Å². The van der Waals surface area contributed by atoms with Crippen molar-refractivity contribution in [1.29, 1.82) is 0 Å². The van der Waals surface area contributed by atoms with E-state index in [1.54, 1.807) is 0 Å². The highest BCUT2D eigenvalue weighted by molar-refractivity contribution is 6.74. The van der Waals surface area contributed by atoms with Crippen LogP contribution in [0.4, 0.5) is 0 Å². The maximum Gasteiger partial charge on any atom is 0.192 e. The summed E-state index contributed by atoms with van der Waals surface area (Å²) in [6.07, 6.45) is 2.82. The lowest BCUT2D eigenvalue weighted by Gasteiger charge is -2.39. The molecule has 0 saturated heterocycles. The first-order valence-electron chi connectivity index (χ1n) is 8.44. The molecule has 0 heterocycles. The van der Waals surface area contributed by atoms with Gasteiger partial charge in [-0.1, -0.05) is 51.1 Å². The van der Waals surface area contributed by atoms with Crippen LogP contribution in [0.5, 0.6) is 0 Å². The molecule has 0 unspecified atom stereocenters. The zero-order valence-electron chi connectivity index (χ0n) is 14.7. The summed E-state index contributed by atoms with van der Waals surface area (Å²) in [5, 5.41) is 0.187. The second-order valence-corrected chi connectivity index (χ2v) is 12.9. The van der Waals surface area contributed by atoms with Gasteiger partial charge in [-0.2, -0.15) is 0 Å². The third kappa shape index (κ3) is 3.88. The van der Waals surface area contributed by atoms with Crippen LogP contribution in [0.15, 0.2) is 30.3 Å². The molecule has 2 rings (SSSR count). The maximum absolute atomic E-state index is 12.5. The van der Waals surface area contributed by atoms with Crippen molar-refractivity contribution in [2.45, 2.75) is 64.1 Å². The fraction of sp³-hybridized carbons (Fsp3) is 0.632. The predicted molar refractivity (Wildman–Crippen MR) is 94.7 cm³/mol. The Morgan fingerprint density at radius 2 is 1.82 bits per heavy atom. The van der Waals surface area contributed by atoms with E-state index in [0.717, 1.165) is 19.3 Å². The van der Waals surface area contributed by atoms with Gasteiger partial charge in [-0.3, -0.25) is 4.79 Å². The Balaban J connectivity index is 2.13. The maximum atomic E-state index is 12.5. The van der Waals surface area contributed by atoms with Gasteiger partial charge >= 0.3 is 0 Å². The molecule has 1 aliphatic carbocycles. The highest BCUT2D eigenvalue weighted by Gasteiger charge is 2.40. The predicted octanol–water partition coefficient (Wildman–Crippen LogP) is 5.16. The summed E-state index contributed by atoms with van der Waals surface area (Å²) in [6, 6.07) is 10.5. The fourth-order valence-corrected chi connectivity index (χ4v) is 3.96. The summed E-state index contributed by atoms with van der Waals surface area (Å²) in [5.41, 5.74) is 1.29. The van der Waals surface area contributed by atoms with E-state index in [9.17, 15) is 4.79 Å². The molecule has 0 aromatic heterocycles. The molecular weight excluding hydrogens is 288 g/mol. The number of carbonyl (C=O) groups is 1. The number of carbonyl (C=O) groups excluding carboxylic acids is 1. The smallest absolute Gasteiger partial charge is 0.192 e. The van der Waals surface area contributed by atoms with Gasteiger partial charge in [-0.15, -0.1) is 0 Å². The van der Waals surface area contributed by atoms with Crippen LogP contribution in [0.2, 0.25) is 18.1 Å². The molecule has 1 aromatic rings. The van der Waals surface area contributed by atoms with E-state index >= 15 is 0 Å². The van der Waals surface area contributed by atoms with Crippen molar-refractivity contribution in [2.75, 3.05) is 6.61 Å². The molecule has 0 N–H and O–H groups in total. The molecule has 0 radical (unpaired) electrons. The zero-order valence-corrected chi connectivity index (χ0v) is 15.7. The number of benzene rings is 1. The van der Waals surface area contributed by atoms with Crippen LogP contribution in [-0.2, 0) is 9.22 Å². The molecule has 1 saturated carbocycles. The molecule has 0 bridgehead atoms. The second-order valence-electron chi connectivity index (χ2n) is 8.05. The molecule has 0 aliphatic heterocycles. The molecule has 0 amide bonds. The Labute approximate surface area is 136 Å². The van der Waals surface area contributed by atoms with Crippen molar-refractivity contribution >= 4 is 14.1 Å². The van der Waals surface area contributed by atoms with Crippen molar-refractivity contribution < 1.29 is 9.22 Å². The molecular formula is C19H30O2Si. The van der Waals surface area contributed by atoms with Gasteiger partial charge in [-0.25, -0.2) is 0 Å². The van der Waals surface area contributed by atoms with Gasteiger partial charge in [0.05, 0.1) is 0 Å². The second kappa shape index (κ2) is 6.67. The first-order chi connectivity index (χ1) is 10.2. The number of rotatable bonds is 4. The van der Waals surface area contributed by atoms with Gasteiger partial charge in [0, 0.05) is 18.9 Å². The molecule has 122 valence electrons. The van der Waals surface area contributed by atoms with E-state index in [4.69, 9.17) is 4.43 Å². The van der Waals surface area contributed by atoms with E-state index in [-0.39, 0.29) is 11.0 Å². The lowest BCUT2D eigenvalue weighted by Crippen LogP contribution is -2.44. The third-order valence-electron chi connectivity index (χ3n) is 5.50. The average Bonchev–Trinajstić information content (AvgIpc) is 2.45. The molecule has 2 atom stereocenters. The van der Waals surface area contributed by atoms with Crippen LogP contribution in [0.25, 0.3) is 0 Å². The lowest BCUT2D eigenvalue weighted by atomic mass is 9.75. The summed E-state index contributed by atoms with van der Waals surface area (Å²) in [7, 11) is -1.80. The summed E-state index contributed by atoms with van der Waals surface area (Å²) >= 11 is 0. The largest absolute Gasteiger partial charge is 0.416 e. The quantitative estimate of drug-likeness (QED) is 0.717. The Morgan fingerprint density at radius 3 is 2.41 bits per heavy atom. The van der Waals surface area contributed by atoms with E-state index in [0.29, 0.717) is 18.3 Å². The highest BCUT2D eigenvalue weighted by atomic mass is 28.4. The average molecular weight is 319 g/mol. The van der Waals surface area contributed by atoms with Crippen LogP contribution < -0.4 is 0 Å². The molecule has 22 heavy (non-hydrogen) atoms. The Morgan fingerprint density at radius 1 is 1.18 bits per heavy atom. The Kier molecular flexibility index (Phi) is 5.28. The fourth-order valence-electron chi connectivity index (χ4n) is 2.93. The van der Waals surface area contributed by atoms with Crippen molar-refractivity contribution in [3.05, 3.63) is 35.9 Å². The van der Waals surface area contributed by atoms with Gasteiger partial charge in [0.25, 0.3) is 0 Å². The van der Waals surface area contributed by atoms with Crippen LogP contribution in [0.1, 0.15) is 51.5 Å². The number of Topliss-reactive ketones (excluding diaryl/α,β-unsaturated/α-hetero) is 1. The van der Waals surface area contributed by atoms with Crippen LogP contribution in [0.3, 0.4) is 0 Å². The molecule has 0 spiro atoms. The van der Waals surface area contributed by atoms with Gasteiger partial charge in [0.1, 0.15) is 5.78 Å². The van der Waals surface area contributed by atoms with E-state index < -0.39 is 8.32 Å².